The molecule has 0 heterocycles. The first-order valence-corrected chi connectivity index (χ1v) is 7.69. The maximum absolute atomic E-state index is 9.11. The molecule has 0 aliphatic heterocycles. The van der Waals surface area contributed by atoms with E-state index in [0.29, 0.717) is 5.92 Å². The summed E-state index contributed by atoms with van der Waals surface area (Å²) in [6, 6.07) is 21.2. The smallest absolute Gasteiger partial charge is 0.0434 e. The molecular weight excluding hydrogens is 258 g/mol. The molecule has 0 aliphatic rings. The maximum Gasteiger partial charge on any atom is 0.0434 e. The fourth-order valence-electron chi connectivity index (χ4n) is 2.62. The lowest BCUT2D eigenvalue weighted by Gasteiger charge is -2.26. The van der Waals surface area contributed by atoms with Gasteiger partial charge < -0.3 is 5.11 Å². The average Bonchev–Trinajstić information content (AvgIpc) is 2.49. The summed E-state index contributed by atoms with van der Waals surface area (Å²) in [5.41, 5.74) is 2.68. The minimum atomic E-state index is 0.270. The fourth-order valence-corrected chi connectivity index (χ4v) is 2.62. The maximum atomic E-state index is 9.11. The van der Waals surface area contributed by atoms with Crippen molar-refractivity contribution in [2.75, 3.05) is 13.2 Å². The van der Waals surface area contributed by atoms with Crippen LogP contribution in [0.1, 0.15) is 24.5 Å². The molecule has 2 aromatic rings. The van der Waals surface area contributed by atoms with E-state index in [0.717, 1.165) is 26.1 Å². The average molecular weight is 283 g/mol. The van der Waals surface area contributed by atoms with Gasteiger partial charge in [0, 0.05) is 26.2 Å². The topological polar surface area (TPSA) is 23.5 Å². The minimum absolute atomic E-state index is 0.270. The molecule has 2 heteroatoms. The predicted molar refractivity (Wildman–Crippen MR) is 87.9 cm³/mol. The SMILES string of the molecule is C[C@H](CCO)CN(Cc1ccccc1)Cc1ccccc1. The van der Waals surface area contributed by atoms with Crippen molar-refractivity contribution in [1.82, 2.24) is 4.90 Å². The Balaban J connectivity index is 2.02. The highest BCUT2D eigenvalue weighted by molar-refractivity contribution is 5.17. The normalized spacial score (nSPS) is 12.5. The molecule has 0 aliphatic carbocycles. The van der Waals surface area contributed by atoms with Crippen LogP contribution in [-0.4, -0.2) is 23.2 Å². The van der Waals surface area contributed by atoms with E-state index in [1.165, 1.54) is 11.1 Å². The number of nitrogens with zero attached hydrogens (tertiary/aromatic N) is 1. The van der Waals surface area contributed by atoms with Crippen LogP contribution >= 0.6 is 0 Å². The number of hydrogen-bond acceptors (Lipinski definition) is 2. The van der Waals surface area contributed by atoms with E-state index in [-0.39, 0.29) is 6.61 Å². The van der Waals surface area contributed by atoms with Gasteiger partial charge in [-0.3, -0.25) is 4.90 Å². The Bertz CT molecular complexity index is 456. The van der Waals surface area contributed by atoms with Crippen LogP contribution in [0, 0.1) is 5.92 Å². The highest BCUT2D eigenvalue weighted by Crippen LogP contribution is 2.13. The first-order chi connectivity index (χ1) is 10.3. The quantitative estimate of drug-likeness (QED) is 0.798. The standard InChI is InChI=1S/C19H25NO/c1-17(12-13-21)14-20(15-18-8-4-2-5-9-18)16-19-10-6-3-7-11-19/h2-11,17,21H,12-16H2,1H3/t17-/m1/s1. The van der Waals surface area contributed by atoms with Crippen molar-refractivity contribution in [1.29, 1.82) is 0 Å². The summed E-state index contributed by atoms with van der Waals surface area (Å²) >= 11 is 0. The Hall–Kier alpha value is -1.64. The van der Waals surface area contributed by atoms with Crippen LogP contribution in [0.2, 0.25) is 0 Å². The second-order valence-electron chi connectivity index (χ2n) is 5.76. The van der Waals surface area contributed by atoms with Crippen molar-refractivity contribution in [2.45, 2.75) is 26.4 Å². The van der Waals surface area contributed by atoms with E-state index < -0.39 is 0 Å². The molecule has 0 unspecified atom stereocenters. The summed E-state index contributed by atoms with van der Waals surface area (Å²) in [6.45, 7) is 5.38. The molecule has 0 radical (unpaired) electrons. The largest absolute Gasteiger partial charge is 0.396 e. The van der Waals surface area contributed by atoms with Crippen LogP contribution in [0.25, 0.3) is 0 Å². The molecule has 1 atom stereocenters. The molecule has 0 spiro atoms. The highest BCUT2D eigenvalue weighted by Gasteiger charge is 2.11. The molecule has 0 bridgehead atoms. The van der Waals surface area contributed by atoms with Gasteiger partial charge in [0.1, 0.15) is 0 Å². The van der Waals surface area contributed by atoms with Crippen LogP contribution < -0.4 is 0 Å². The van der Waals surface area contributed by atoms with Gasteiger partial charge in [0.2, 0.25) is 0 Å². The number of hydrogen-bond donors (Lipinski definition) is 1. The van der Waals surface area contributed by atoms with E-state index in [4.69, 9.17) is 5.11 Å². The number of aliphatic hydroxyl groups is 1. The van der Waals surface area contributed by atoms with Crippen molar-refractivity contribution in [2.24, 2.45) is 5.92 Å². The van der Waals surface area contributed by atoms with E-state index in [1.807, 2.05) is 0 Å². The van der Waals surface area contributed by atoms with Gasteiger partial charge in [-0.1, -0.05) is 67.6 Å². The summed E-state index contributed by atoms with van der Waals surface area (Å²) in [7, 11) is 0. The predicted octanol–water partition coefficient (Wildman–Crippen LogP) is 3.71. The van der Waals surface area contributed by atoms with Gasteiger partial charge in [0.15, 0.2) is 0 Å². The second kappa shape index (κ2) is 8.60. The Morgan fingerprint density at radius 3 is 1.76 bits per heavy atom. The van der Waals surface area contributed by atoms with Crippen LogP contribution in [-0.2, 0) is 13.1 Å². The van der Waals surface area contributed by atoms with Gasteiger partial charge in [0.25, 0.3) is 0 Å². The Kier molecular flexibility index (Phi) is 6.45. The summed E-state index contributed by atoms with van der Waals surface area (Å²) in [6.07, 6.45) is 0.861. The lowest BCUT2D eigenvalue weighted by Crippen LogP contribution is -2.28. The number of aliphatic hydroxyl groups excluding tert-OH is 1. The van der Waals surface area contributed by atoms with Crippen LogP contribution in [0.5, 0.6) is 0 Å². The molecule has 0 aromatic heterocycles. The third-order valence-electron chi connectivity index (χ3n) is 3.69. The lowest BCUT2D eigenvalue weighted by molar-refractivity contribution is 0.191. The third kappa shape index (κ3) is 5.70. The Morgan fingerprint density at radius 2 is 1.33 bits per heavy atom. The molecule has 112 valence electrons. The van der Waals surface area contributed by atoms with Crippen molar-refractivity contribution in [3.05, 3.63) is 71.8 Å². The highest BCUT2D eigenvalue weighted by atomic mass is 16.3. The van der Waals surface area contributed by atoms with Crippen molar-refractivity contribution < 1.29 is 5.11 Å². The van der Waals surface area contributed by atoms with Crippen molar-refractivity contribution >= 4 is 0 Å². The summed E-state index contributed by atoms with van der Waals surface area (Å²) in [5.74, 6) is 0.502. The van der Waals surface area contributed by atoms with Crippen LogP contribution in [0.4, 0.5) is 0 Å². The molecule has 0 saturated heterocycles. The summed E-state index contributed by atoms with van der Waals surface area (Å²) < 4.78 is 0. The molecule has 0 fully saturated rings. The molecular formula is C19H25NO. The Labute approximate surface area is 128 Å². The van der Waals surface area contributed by atoms with Crippen LogP contribution in [0.15, 0.2) is 60.7 Å². The van der Waals surface area contributed by atoms with Gasteiger partial charge in [0.05, 0.1) is 0 Å². The molecule has 21 heavy (non-hydrogen) atoms. The Morgan fingerprint density at radius 1 is 0.857 bits per heavy atom. The van der Waals surface area contributed by atoms with Gasteiger partial charge in [-0.15, -0.1) is 0 Å². The van der Waals surface area contributed by atoms with E-state index in [1.54, 1.807) is 0 Å². The van der Waals surface area contributed by atoms with Gasteiger partial charge in [-0.2, -0.15) is 0 Å². The van der Waals surface area contributed by atoms with Crippen molar-refractivity contribution in [3.63, 3.8) is 0 Å². The van der Waals surface area contributed by atoms with Crippen molar-refractivity contribution in [3.8, 4) is 0 Å². The molecule has 2 rings (SSSR count). The summed E-state index contributed by atoms with van der Waals surface area (Å²) in [5, 5.41) is 9.11. The van der Waals surface area contributed by atoms with E-state index >= 15 is 0 Å². The van der Waals surface area contributed by atoms with E-state index in [2.05, 4.69) is 72.5 Å². The molecule has 0 amide bonds. The summed E-state index contributed by atoms with van der Waals surface area (Å²) in [4.78, 5) is 2.46. The molecule has 2 aromatic carbocycles. The zero-order chi connectivity index (χ0) is 14.9. The van der Waals surface area contributed by atoms with Crippen LogP contribution in [0.3, 0.4) is 0 Å². The first-order valence-electron chi connectivity index (χ1n) is 7.69. The molecule has 0 saturated carbocycles. The number of rotatable bonds is 8. The fraction of sp³-hybridized carbons (Fsp3) is 0.368. The van der Waals surface area contributed by atoms with Gasteiger partial charge >= 0.3 is 0 Å². The first kappa shape index (κ1) is 15.7. The van der Waals surface area contributed by atoms with Gasteiger partial charge in [-0.25, -0.2) is 0 Å². The van der Waals surface area contributed by atoms with Gasteiger partial charge in [-0.05, 0) is 23.5 Å². The minimum Gasteiger partial charge on any atom is -0.396 e. The monoisotopic (exact) mass is 283 g/mol. The molecule has 2 nitrogen and oxygen atoms in total. The zero-order valence-corrected chi connectivity index (χ0v) is 12.8. The van der Waals surface area contributed by atoms with E-state index in [9.17, 15) is 0 Å². The molecule has 1 N–H and O–H groups in total. The number of benzene rings is 2. The third-order valence-corrected chi connectivity index (χ3v) is 3.69. The zero-order valence-electron chi connectivity index (χ0n) is 12.8. The lowest BCUT2D eigenvalue weighted by atomic mass is 10.1. The second-order valence-corrected chi connectivity index (χ2v) is 5.76.